The molecule has 0 aliphatic heterocycles. The summed E-state index contributed by atoms with van der Waals surface area (Å²) in [7, 11) is 2.19. The Bertz CT molecular complexity index is 903. The van der Waals surface area contributed by atoms with Crippen molar-refractivity contribution in [3.8, 4) is 5.75 Å². The Morgan fingerprint density at radius 2 is 1.54 bits per heavy atom. The van der Waals surface area contributed by atoms with Crippen molar-refractivity contribution in [2.24, 2.45) is 0 Å². The maximum atomic E-state index is 11.1. The molecule has 0 saturated carbocycles. The largest absolute Gasteiger partial charge is 0.477 e. The van der Waals surface area contributed by atoms with E-state index in [9.17, 15) is 29.8 Å². The molecule has 0 spiro atoms. The van der Waals surface area contributed by atoms with Crippen LogP contribution in [-0.4, -0.2) is 27.4 Å². The molecule has 26 heavy (non-hydrogen) atoms. The number of nitrogens with zero attached hydrogens (tertiary/aromatic N) is 2. The van der Waals surface area contributed by atoms with Crippen molar-refractivity contribution in [1.29, 1.82) is 0 Å². The van der Waals surface area contributed by atoms with E-state index in [1.165, 1.54) is 24.3 Å². The van der Waals surface area contributed by atoms with Crippen molar-refractivity contribution in [3.05, 3.63) is 62.2 Å². The number of carboxylic acids is 1. The average molecular weight is 396 g/mol. The number of nitro benzene ring substituents is 2. The van der Waals surface area contributed by atoms with Crippen LogP contribution in [0.25, 0.3) is 0 Å². The Hall–Kier alpha value is -3.12. The summed E-state index contributed by atoms with van der Waals surface area (Å²) in [6.07, 6.45) is 0. The van der Waals surface area contributed by atoms with Crippen molar-refractivity contribution in [1.82, 2.24) is 0 Å². The molecule has 12 heteroatoms. The molecule has 0 fully saturated rings. The quantitative estimate of drug-likeness (QED) is 0.304. The van der Waals surface area contributed by atoms with E-state index in [0.717, 1.165) is 33.7 Å². The van der Waals surface area contributed by atoms with Gasteiger partial charge < -0.3 is 9.84 Å². The molecule has 0 radical (unpaired) electrons. The fourth-order valence-electron chi connectivity index (χ4n) is 1.84. The van der Waals surface area contributed by atoms with E-state index in [4.69, 9.17) is 5.11 Å². The molecule has 0 bridgehead atoms. The Labute approximate surface area is 152 Å². The van der Waals surface area contributed by atoms with Gasteiger partial charge in [0.15, 0.2) is 0 Å². The van der Waals surface area contributed by atoms with Gasteiger partial charge in [-0.2, -0.15) is 0 Å². The van der Waals surface area contributed by atoms with Crippen LogP contribution in [0.2, 0.25) is 0 Å². The second kappa shape index (κ2) is 8.31. The third-order valence-electron chi connectivity index (χ3n) is 2.93. The van der Waals surface area contributed by atoms with Crippen molar-refractivity contribution < 1.29 is 29.3 Å². The van der Waals surface area contributed by atoms with Gasteiger partial charge in [0.05, 0.1) is 9.85 Å². The predicted octanol–water partition coefficient (Wildman–Crippen LogP) is 3.54. The fraction of sp³-hybridized carbons (Fsp3) is 0. The van der Waals surface area contributed by atoms with Crippen LogP contribution in [0, 0.1) is 20.2 Å². The van der Waals surface area contributed by atoms with Gasteiger partial charge in [0, 0.05) is 28.0 Å². The molecular formula is C14H8N2O8S2. The molecule has 1 N–H and O–H groups in total. The highest BCUT2D eigenvalue weighted by Crippen LogP contribution is 2.41. The lowest BCUT2D eigenvalue weighted by Gasteiger charge is -2.05. The number of carbonyl (C=O) groups is 2. The minimum atomic E-state index is -1.43. The SMILES string of the molecule is O=COc1cc(SSc2ccc([N+](=O)[O-])c(C(=O)O)c2)ccc1[N+](=O)[O-]. The lowest BCUT2D eigenvalue weighted by molar-refractivity contribution is -0.385. The summed E-state index contributed by atoms with van der Waals surface area (Å²) in [4.78, 5) is 42.7. The highest BCUT2D eigenvalue weighted by atomic mass is 33.1. The molecule has 0 atom stereocenters. The Morgan fingerprint density at radius 1 is 1.00 bits per heavy atom. The number of ether oxygens (including phenoxy) is 1. The number of aromatic carboxylic acids is 1. The van der Waals surface area contributed by atoms with Gasteiger partial charge in [-0.25, -0.2) is 4.79 Å². The first kappa shape index (κ1) is 19.2. The number of carboxylic acid groups (broad SMARTS) is 1. The third kappa shape index (κ3) is 4.49. The van der Waals surface area contributed by atoms with Crippen molar-refractivity contribution in [3.63, 3.8) is 0 Å². The summed E-state index contributed by atoms with van der Waals surface area (Å²) >= 11 is 0. The van der Waals surface area contributed by atoms with Crippen LogP contribution < -0.4 is 4.74 Å². The Kier molecular flexibility index (Phi) is 6.14. The van der Waals surface area contributed by atoms with Gasteiger partial charge >= 0.3 is 11.7 Å². The smallest absolute Gasteiger partial charge is 0.342 e. The van der Waals surface area contributed by atoms with Crippen molar-refractivity contribution in [2.75, 3.05) is 0 Å². The number of nitro groups is 2. The molecular weight excluding hydrogens is 388 g/mol. The van der Waals surface area contributed by atoms with Crippen molar-refractivity contribution >= 4 is 45.4 Å². The highest BCUT2D eigenvalue weighted by molar-refractivity contribution is 8.76. The van der Waals surface area contributed by atoms with Crippen LogP contribution in [0.1, 0.15) is 10.4 Å². The van der Waals surface area contributed by atoms with Gasteiger partial charge in [-0.3, -0.25) is 25.0 Å². The molecule has 134 valence electrons. The maximum absolute atomic E-state index is 11.1. The van der Waals surface area contributed by atoms with E-state index in [-0.39, 0.29) is 17.9 Å². The molecule has 0 aliphatic carbocycles. The molecule has 0 unspecified atom stereocenters. The lowest BCUT2D eigenvalue weighted by atomic mass is 10.2. The first-order valence-corrected chi connectivity index (χ1v) is 8.73. The summed E-state index contributed by atoms with van der Waals surface area (Å²) in [5.41, 5.74) is -1.35. The van der Waals surface area contributed by atoms with E-state index >= 15 is 0 Å². The van der Waals surface area contributed by atoms with E-state index in [2.05, 4.69) is 4.74 Å². The Morgan fingerprint density at radius 3 is 2.04 bits per heavy atom. The summed E-state index contributed by atoms with van der Waals surface area (Å²) in [5, 5.41) is 30.8. The molecule has 0 heterocycles. The zero-order chi connectivity index (χ0) is 19.3. The van der Waals surface area contributed by atoms with Crippen LogP contribution in [0.15, 0.2) is 46.2 Å². The third-order valence-corrected chi connectivity index (χ3v) is 5.31. The molecule has 0 aliphatic rings. The average Bonchev–Trinajstić information content (AvgIpc) is 2.59. The van der Waals surface area contributed by atoms with Crippen LogP contribution in [-0.2, 0) is 4.79 Å². The summed E-state index contributed by atoms with van der Waals surface area (Å²) in [5.74, 6) is -1.66. The van der Waals surface area contributed by atoms with E-state index < -0.39 is 27.1 Å². The second-order valence-electron chi connectivity index (χ2n) is 4.51. The number of hydrogen-bond acceptors (Lipinski definition) is 9. The molecule has 2 aromatic rings. The summed E-state index contributed by atoms with van der Waals surface area (Å²) in [6.45, 7) is 0.0688. The monoisotopic (exact) mass is 396 g/mol. The van der Waals surface area contributed by atoms with E-state index in [0.29, 0.717) is 9.79 Å². The maximum Gasteiger partial charge on any atom is 0.342 e. The van der Waals surface area contributed by atoms with Gasteiger partial charge in [-0.15, -0.1) is 0 Å². The van der Waals surface area contributed by atoms with Gasteiger partial charge in [-0.1, -0.05) is 21.6 Å². The normalized spacial score (nSPS) is 10.2. The molecule has 2 aromatic carbocycles. The van der Waals surface area contributed by atoms with Crippen LogP contribution in [0.3, 0.4) is 0 Å². The molecule has 0 saturated heterocycles. The topological polar surface area (TPSA) is 150 Å². The molecule has 10 nitrogen and oxygen atoms in total. The molecule has 2 rings (SSSR count). The number of rotatable bonds is 8. The highest BCUT2D eigenvalue weighted by Gasteiger charge is 2.20. The first-order valence-electron chi connectivity index (χ1n) is 6.58. The molecule has 0 aromatic heterocycles. The number of benzene rings is 2. The van der Waals surface area contributed by atoms with E-state index in [1.54, 1.807) is 0 Å². The van der Waals surface area contributed by atoms with Crippen molar-refractivity contribution in [2.45, 2.75) is 9.79 Å². The minimum absolute atomic E-state index is 0.0688. The molecule has 0 amide bonds. The fourth-order valence-corrected chi connectivity index (χ4v) is 3.80. The zero-order valence-corrected chi connectivity index (χ0v) is 14.2. The van der Waals surface area contributed by atoms with Gasteiger partial charge in [0.2, 0.25) is 5.75 Å². The van der Waals surface area contributed by atoms with Crippen LogP contribution in [0.5, 0.6) is 5.75 Å². The summed E-state index contributed by atoms with van der Waals surface area (Å²) in [6, 6.07) is 7.51. The summed E-state index contributed by atoms with van der Waals surface area (Å²) < 4.78 is 4.59. The standard InChI is InChI=1S/C14H8N2O8S2/c17-7-24-13-6-9(2-4-12(13)16(22)23)26-25-8-1-3-11(15(20)21)10(5-8)14(18)19/h1-7H,(H,18,19). The second-order valence-corrected chi connectivity index (χ2v) is 6.78. The minimum Gasteiger partial charge on any atom is -0.477 e. The van der Waals surface area contributed by atoms with Gasteiger partial charge in [0.25, 0.3) is 12.2 Å². The number of hydrogen-bond donors (Lipinski definition) is 1. The first-order chi connectivity index (χ1) is 12.3. The van der Waals surface area contributed by atoms with Crippen LogP contribution >= 0.6 is 21.6 Å². The van der Waals surface area contributed by atoms with Crippen LogP contribution in [0.4, 0.5) is 11.4 Å². The van der Waals surface area contributed by atoms with Gasteiger partial charge in [0.1, 0.15) is 5.56 Å². The predicted molar refractivity (Wildman–Crippen MR) is 91.6 cm³/mol. The zero-order valence-electron chi connectivity index (χ0n) is 12.6. The van der Waals surface area contributed by atoms with Gasteiger partial charge in [-0.05, 0) is 18.2 Å². The lowest BCUT2D eigenvalue weighted by Crippen LogP contribution is -2.02. The Balaban J connectivity index is 2.23. The number of carbonyl (C=O) groups excluding carboxylic acids is 1. The van der Waals surface area contributed by atoms with E-state index in [1.807, 2.05) is 0 Å².